The summed E-state index contributed by atoms with van der Waals surface area (Å²) in [6.45, 7) is 0. The number of nitrogens with two attached hydrogens (primary N) is 2. The third-order valence-electron chi connectivity index (χ3n) is 4.20. The summed E-state index contributed by atoms with van der Waals surface area (Å²) in [5.41, 5.74) is 12.2. The number of fused-ring (bicyclic) bond motifs is 1. The van der Waals surface area contributed by atoms with Crippen LogP contribution in [0.25, 0.3) is 11.0 Å². The number of nitrogens with zero attached hydrogens (tertiary/aromatic N) is 2. The number of halogens is 3. The van der Waals surface area contributed by atoms with E-state index in [2.05, 4.69) is 14.7 Å². The Kier molecular flexibility index (Phi) is 7.34. The van der Waals surface area contributed by atoms with Crippen molar-refractivity contribution in [2.24, 2.45) is 5.73 Å². The molecular formula is C23H17F3N4O5. The number of alkyl halides is 3. The van der Waals surface area contributed by atoms with Gasteiger partial charge in [0.1, 0.15) is 11.5 Å². The van der Waals surface area contributed by atoms with Gasteiger partial charge >= 0.3 is 12.3 Å². The van der Waals surface area contributed by atoms with Gasteiger partial charge in [-0.2, -0.15) is 0 Å². The van der Waals surface area contributed by atoms with Crippen molar-refractivity contribution < 1.29 is 37.3 Å². The van der Waals surface area contributed by atoms with Crippen LogP contribution in [0.1, 0.15) is 20.8 Å². The molecule has 180 valence electrons. The molecule has 0 fully saturated rings. The average molecular weight is 486 g/mol. The standard InChI is InChI=1S/C16H10F3N3O3.C7H7NO2/c17-16(18,19)25-10-7-5-9(6-8-10)24-15-13(14(20)23)21-11-3-1-2-4-12(11)22-15;8-6-3-1-5(2-4-6)7(9)10/h1-8H,(H2,20,23);1-4H,8H2,(H,9,10). The monoisotopic (exact) mass is 486 g/mol. The second kappa shape index (κ2) is 10.4. The molecule has 0 atom stereocenters. The molecule has 4 rings (SSSR count). The predicted molar refractivity (Wildman–Crippen MR) is 119 cm³/mol. The number of carbonyl (C=O) groups excluding carboxylic acids is 1. The summed E-state index contributed by atoms with van der Waals surface area (Å²) in [6, 6.07) is 17.5. The number of carbonyl (C=O) groups is 2. The van der Waals surface area contributed by atoms with Crippen LogP contribution in [0.3, 0.4) is 0 Å². The molecule has 12 heteroatoms. The van der Waals surface area contributed by atoms with E-state index in [-0.39, 0.29) is 22.9 Å². The van der Waals surface area contributed by atoms with Gasteiger partial charge in [-0.05, 0) is 60.7 Å². The van der Waals surface area contributed by atoms with E-state index >= 15 is 0 Å². The number of nitrogen functional groups attached to an aromatic ring is 1. The van der Waals surface area contributed by atoms with E-state index in [1.54, 1.807) is 36.4 Å². The van der Waals surface area contributed by atoms with Crippen LogP contribution in [-0.2, 0) is 0 Å². The number of benzene rings is 3. The molecule has 5 N–H and O–H groups in total. The molecule has 3 aromatic carbocycles. The van der Waals surface area contributed by atoms with Crippen LogP contribution in [0.15, 0.2) is 72.8 Å². The molecule has 0 saturated heterocycles. The highest BCUT2D eigenvalue weighted by Crippen LogP contribution is 2.28. The van der Waals surface area contributed by atoms with E-state index in [1.165, 1.54) is 24.3 Å². The smallest absolute Gasteiger partial charge is 0.478 e. The molecule has 0 aliphatic carbocycles. The summed E-state index contributed by atoms with van der Waals surface area (Å²) in [6.07, 6.45) is -4.79. The number of carboxylic acid groups (broad SMARTS) is 1. The number of ether oxygens (including phenoxy) is 2. The Labute approximate surface area is 195 Å². The molecule has 0 saturated carbocycles. The second-order valence-corrected chi connectivity index (χ2v) is 6.78. The molecule has 4 aromatic rings. The molecule has 0 aliphatic rings. The Bertz CT molecular complexity index is 1340. The van der Waals surface area contributed by atoms with Gasteiger partial charge < -0.3 is 26.0 Å². The molecule has 9 nitrogen and oxygen atoms in total. The third kappa shape index (κ3) is 7.05. The molecule has 0 bridgehead atoms. The minimum Gasteiger partial charge on any atom is -0.478 e. The van der Waals surface area contributed by atoms with E-state index in [0.29, 0.717) is 16.7 Å². The normalized spacial score (nSPS) is 10.7. The SMILES string of the molecule is NC(=O)c1nc2ccccc2nc1Oc1ccc(OC(F)(F)F)cc1.Nc1ccc(C(=O)O)cc1. The van der Waals surface area contributed by atoms with Crippen molar-refractivity contribution >= 4 is 28.6 Å². The molecule has 0 unspecified atom stereocenters. The summed E-state index contributed by atoms with van der Waals surface area (Å²) in [7, 11) is 0. The minimum atomic E-state index is -4.79. The fourth-order valence-electron chi connectivity index (χ4n) is 2.66. The highest BCUT2D eigenvalue weighted by molar-refractivity contribution is 5.95. The fourth-order valence-corrected chi connectivity index (χ4v) is 2.66. The van der Waals surface area contributed by atoms with Crippen molar-refractivity contribution in [1.82, 2.24) is 9.97 Å². The van der Waals surface area contributed by atoms with Gasteiger partial charge in [-0.1, -0.05) is 12.1 Å². The van der Waals surface area contributed by atoms with Gasteiger partial charge in [-0.15, -0.1) is 13.2 Å². The van der Waals surface area contributed by atoms with Crippen molar-refractivity contribution in [1.29, 1.82) is 0 Å². The lowest BCUT2D eigenvalue weighted by atomic mass is 10.2. The van der Waals surface area contributed by atoms with E-state index in [4.69, 9.17) is 21.3 Å². The van der Waals surface area contributed by atoms with Crippen LogP contribution < -0.4 is 20.9 Å². The van der Waals surface area contributed by atoms with E-state index < -0.39 is 24.0 Å². The number of hydrogen-bond acceptors (Lipinski definition) is 7. The van der Waals surface area contributed by atoms with Crippen LogP contribution >= 0.6 is 0 Å². The van der Waals surface area contributed by atoms with Crippen molar-refractivity contribution in [3.63, 3.8) is 0 Å². The topological polar surface area (TPSA) is 151 Å². The van der Waals surface area contributed by atoms with Gasteiger partial charge in [-0.25, -0.2) is 14.8 Å². The number of rotatable bonds is 5. The number of hydrogen-bond donors (Lipinski definition) is 3. The summed E-state index contributed by atoms with van der Waals surface area (Å²) in [5.74, 6) is -2.18. The number of aromatic nitrogens is 2. The van der Waals surface area contributed by atoms with E-state index in [0.717, 1.165) is 12.1 Å². The minimum absolute atomic E-state index is 0.140. The van der Waals surface area contributed by atoms with Gasteiger partial charge in [0, 0.05) is 5.69 Å². The Morgan fingerprint density at radius 1 is 0.829 bits per heavy atom. The Balaban J connectivity index is 0.000000287. The molecular weight excluding hydrogens is 469 g/mol. The first-order chi connectivity index (χ1) is 16.5. The highest BCUT2D eigenvalue weighted by Gasteiger charge is 2.31. The first kappa shape index (κ1) is 24.8. The lowest BCUT2D eigenvalue weighted by Gasteiger charge is -2.11. The van der Waals surface area contributed by atoms with Crippen LogP contribution in [-0.4, -0.2) is 33.3 Å². The maximum atomic E-state index is 12.2. The van der Waals surface area contributed by atoms with Crippen molar-refractivity contribution in [3.8, 4) is 17.4 Å². The van der Waals surface area contributed by atoms with Crippen LogP contribution in [0.5, 0.6) is 17.4 Å². The van der Waals surface area contributed by atoms with Gasteiger partial charge in [0.25, 0.3) is 11.8 Å². The number of anilines is 1. The second-order valence-electron chi connectivity index (χ2n) is 6.78. The molecule has 1 heterocycles. The van der Waals surface area contributed by atoms with E-state index in [9.17, 15) is 22.8 Å². The summed E-state index contributed by atoms with van der Waals surface area (Å²) < 4.78 is 45.7. The van der Waals surface area contributed by atoms with Gasteiger partial charge in [0.05, 0.1) is 16.6 Å². The number of primary amides is 1. The maximum absolute atomic E-state index is 12.2. The Morgan fingerprint density at radius 2 is 1.37 bits per heavy atom. The fraction of sp³-hybridized carbons (Fsp3) is 0.0435. The number of amides is 1. The third-order valence-corrected chi connectivity index (χ3v) is 4.20. The summed E-state index contributed by atoms with van der Waals surface area (Å²) in [5, 5.41) is 8.43. The first-order valence-electron chi connectivity index (χ1n) is 9.71. The molecule has 1 aromatic heterocycles. The number of aromatic carboxylic acids is 1. The summed E-state index contributed by atoms with van der Waals surface area (Å²) in [4.78, 5) is 30.1. The van der Waals surface area contributed by atoms with E-state index in [1.807, 2.05) is 0 Å². The zero-order valence-corrected chi connectivity index (χ0v) is 17.7. The summed E-state index contributed by atoms with van der Waals surface area (Å²) >= 11 is 0. The average Bonchev–Trinajstić information content (AvgIpc) is 2.79. The zero-order chi connectivity index (χ0) is 25.6. The quantitative estimate of drug-likeness (QED) is 0.352. The van der Waals surface area contributed by atoms with Crippen LogP contribution in [0.4, 0.5) is 18.9 Å². The van der Waals surface area contributed by atoms with Crippen LogP contribution in [0.2, 0.25) is 0 Å². The largest absolute Gasteiger partial charge is 0.573 e. The number of para-hydroxylation sites is 2. The Morgan fingerprint density at radius 3 is 1.89 bits per heavy atom. The first-order valence-corrected chi connectivity index (χ1v) is 9.71. The maximum Gasteiger partial charge on any atom is 0.573 e. The van der Waals surface area contributed by atoms with Gasteiger partial charge in [0.2, 0.25) is 0 Å². The highest BCUT2D eigenvalue weighted by atomic mass is 19.4. The van der Waals surface area contributed by atoms with Crippen LogP contribution in [0, 0.1) is 0 Å². The lowest BCUT2D eigenvalue weighted by Crippen LogP contribution is -2.17. The van der Waals surface area contributed by atoms with Crippen molar-refractivity contribution in [2.75, 3.05) is 5.73 Å². The molecule has 0 aliphatic heterocycles. The van der Waals surface area contributed by atoms with Crippen molar-refractivity contribution in [2.45, 2.75) is 6.36 Å². The predicted octanol–water partition coefficient (Wildman–Crippen LogP) is 4.39. The van der Waals surface area contributed by atoms with Gasteiger partial charge in [0.15, 0.2) is 5.69 Å². The number of carboxylic acids is 1. The lowest BCUT2D eigenvalue weighted by molar-refractivity contribution is -0.274. The molecule has 0 spiro atoms. The Hall–Kier alpha value is -4.87. The molecule has 35 heavy (non-hydrogen) atoms. The van der Waals surface area contributed by atoms with Crippen molar-refractivity contribution in [3.05, 3.63) is 84.1 Å². The zero-order valence-electron chi connectivity index (χ0n) is 17.7. The molecule has 0 radical (unpaired) electrons. The van der Waals surface area contributed by atoms with Gasteiger partial charge in [-0.3, -0.25) is 4.79 Å². The molecule has 1 amide bonds.